The molecule has 0 bridgehead atoms. The molecule has 0 aliphatic heterocycles. The van der Waals surface area contributed by atoms with Crippen molar-refractivity contribution in [3.63, 3.8) is 0 Å². The Bertz CT molecular complexity index is 343. The molecule has 0 aromatic heterocycles. The van der Waals surface area contributed by atoms with Crippen molar-refractivity contribution in [2.24, 2.45) is 5.73 Å². The summed E-state index contributed by atoms with van der Waals surface area (Å²) in [5.74, 6) is -0.863. The first-order valence-electron chi connectivity index (χ1n) is 3.34. The van der Waals surface area contributed by atoms with E-state index in [4.69, 9.17) is 10.8 Å². The number of benzene rings is 1. The number of nitrogens with two attached hydrogens (primary N) is 1. The van der Waals surface area contributed by atoms with Crippen molar-refractivity contribution in [3.8, 4) is 0 Å². The van der Waals surface area contributed by atoms with E-state index in [9.17, 15) is 13.2 Å². The van der Waals surface area contributed by atoms with Crippen molar-refractivity contribution < 1.29 is 18.3 Å². The molecule has 3 N–H and O–H groups in total. The Morgan fingerprint density at radius 3 is 2.69 bits per heavy atom. The average molecular weight is 204 g/mol. The summed E-state index contributed by atoms with van der Waals surface area (Å²) < 4.78 is 33.6. The first-order valence-corrected chi connectivity index (χ1v) is 4.42. The van der Waals surface area contributed by atoms with Gasteiger partial charge >= 0.3 is 0 Å². The van der Waals surface area contributed by atoms with Crippen LogP contribution in [-0.4, -0.2) is 13.9 Å². The number of halogens is 1. The first-order chi connectivity index (χ1) is 6.02. The number of rotatable bonds is 2. The van der Waals surface area contributed by atoms with Crippen molar-refractivity contribution >= 4 is 11.1 Å². The minimum atomic E-state index is -2.66. The van der Waals surface area contributed by atoms with Gasteiger partial charge in [0.1, 0.15) is 12.0 Å². The third-order valence-corrected chi connectivity index (χ3v) is 2.15. The maximum Gasteiger partial charge on any atom is 0.138 e. The second-order valence-corrected chi connectivity index (χ2v) is 3.28. The SMILES string of the molecule is NC(O)c1ccc(F)c(S(=O)[O-])c1. The van der Waals surface area contributed by atoms with Crippen molar-refractivity contribution in [2.45, 2.75) is 11.1 Å². The van der Waals surface area contributed by atoms with Crippen LogP contribution in [0.2, 0.25) is 0 Å². The molecule has 13 heavy (non-hydrogen) atoms. The van der Waals surface area contributed by atoms with E-state index >= 15 is 0 Å². The van der Waals surface area contributed by atoms with Crippen LogP contribution in [0.5, 0.6) is 0 Å². The highest BCUT2D eigenvalue weighted by Gasteiger charge is 2.07. The maximum atomic E-state index is 12.8. The molecule has 0 fully saturated rings. The van der Waals surface area contributed by atoms with Gasteiger partial charge in [0.05, 0.1) is 4.90 Å². The lowest BCUT2D eigenvalue weighted by Crippen LogP contribution is -2.09. The Hall–Kier alpha value is -0.820. The molecule has 2 atom stereocenters. The van der Waals surface area contributed by atoms with Gasteiger partial charge in [-0.3, -0.25) is 4.21 Å². The standard InChI is InChI=1S/C7H8FNO3S/c8-5-2-1-4(7(9)10)3-6(5)13(11)12/h1-3,7,10H,9H2,(H,11,12)/p-1. The topological polar surface area (TPSA) is 86.4 Å². The second kappa shape index (κ2) is 3.93. The Morgan fingerprint density at radius 2 is 2.23 bits per heavy atom. The quantitative estimate of drug-likeness (QED) is 0.525. The number of aliphatic hydroxyl groups excluding tert-OH is 1. The molecular formula is C7H7FNO3S-. The Labute approximate surface area is 76.5 Å². The summed E-state index contributed by atoms with van der Waals surface area (Å²) in [5.41, 5.74) is 5.22. The maximum absolute atomic E-state index is 12.8. The van der Waals surface area contributed by atoms with Gasteiger partial charge in [-0.1, -0.05) is 6.07 Å². The molecule has 0 saturated carbocycles. The van der Waals surface area contributed by atoms with Crippen molar-refractivity contribution in [1.82, 2.24) is 0 Å². The van der Waals surface area contributed by atoms with Crippen LogP contribution in [-0.2, 0) is 11.1 Å². The van der Waals surface area contributed by atoms with Crippen LogP contribution in [0.3, 0.4) is 0 Å². The predicted molar refractivity (Wildman–Crippen MR) is 42.7 cm³/mol. The molecule has 0 amide bonds. The van der Waals surface area contributed by atoms with Crippen LogP contribution >= 0.6 is 0 Å². The zero-order chi connectivity index (χ0) is 10.0. The Kier molecular flexibility index (Phi) is 3.10. The smallest absolute Gasteiger partial charge is 0.138 e. The van der Waals surface area contributed by atoms with Crippen LogP contribution < -0.4 is 5.73 Å². The van der Waals surface area contributed by atoms with Crippen molar-refractivity contribution in [3.05, 3.63) is 29.6 Å². The normalized spacial score (nSPS) is 15.4. The highest BCUT2D eigenvalue weighted by atomic mass is 32.2. The fourth-order valence-corrected chi connectivity index (χ4v) is 1.29. The zero-order valence-electron chi connectivity index (χ0n) is 6.44. The molecule has 1 aromatic rings. The molecule has 0 saturated heterocycles. The molecule has 1 rings (SSSR count). The number of hydrogen-bond donors (Lipinski definition) is 2. The third kappa shape index (κ3) is 2.31. The monoisotopic (exact) mass is 204 g/mol. The molecule has 6 heteroatoms. The van der Waals surface area contributed by atoms with Gasteiger partial charge in [0.15, 0.2) is 0 Å². The van der Waals surface area contributed by atoms with Crippen LogP contribution in [0.1, 0.15) is 11.8 Å². The summed E-state index contributed by atoms with van der Waals surface area (Å²) in [4.78, 5) is -0.498. The van der Waals surface area contributed by atoms with Crippen LogP contribution in [0.4, 0.5) is 4.39 Å². The van der Waals surface area contributed by atoms with Gasteiger partial charge < -0.3 is 15.4 Å². The fraction of sp³-hybridized carbons (Fsp3) is 0.143. The molecule has 0 aliphatic carbocycles. The van der Waals surface area contributed by atoms with Crippen LogP contribution in [0.15, 0.2) is 23.1 Å². The van der Waals surface area contributed by atoms with E-state index in [1.807, 2.05) is 0 Å². The summed E-state index contributed by atoms with van der Waals surface area (Å²) in [6.07, 6.45) is -1.30. The van der Waals surface area contributed by atoms with Gasteiger partial charge in [-0.25, -0.2) is 4.39 Å². The minimum absolute atomic E-state index is 0.153. The van der Waals surface area contributed by atoms with Crippen LogP contribution in [0, 0.1) is 5.82 Å². The lowest BCUT2D eigenvalue weighted by Gasteiger charge is -2.10. The summed E-state index contributed by atoms with van der Waals surface area (Å²) in [6.45, 7) is 0. The molecule has 0 aliphatic rings. The second-order valence-electron chi connectivity index (χ2n) is 2.37. The highest BCUT2D eigenvalue weighted by molar-refractivity contribution is 7.79. The molecule has 4 nitrogen and oxygen atoms in total. The lowest BCUT2D eigenvalue weighted by atomic mass is 10.2. The summed E-state index contributed by atoms with van der Waals surface area (Å²) in [7, 11) is 0. The number of hydrogen-bond acceptors (Lipinski definition) is 4. The lowest BCUT2D eigenvalue weighted by molar-refractivity contribution is 0.186. The van der Waals surface area contributed by atoms with Gasteiger partial charge in [0, 0.05) is 0 Å². The fourth-order valence-electron chi connectivity index (χ4n) is 0.832. The highest BCUT2D eigenvalue weighted by Crippen LogP contribution is 2.16. The first kappa shape index (κ1) is 10.3. The largest absolute Gasteiger partial charge is 0.768 e. The van der Waals surface area contributed by atoms with Gasteiger partial charge in [-0.15, -0.1) is 0 Å². The molecule has 0 radical (unpaired) electrons. The molecular weight excluding hydrogens is 197 g/mol. The van der Waals surface area contributed by atoms with E-state index in [1.165, 1.54) is 6.07 Å². The summed E-state index contributed by atoms with van der Waals surface area (Å²) in [6, 6.07) is 3.15. The molecule has 1 aromatic carbocycles. The van der Waals surface area contributed by atoms with E-state index < -0.39 is 28.0 Å². The van der Waals surface area contributed by atoms with E-state index in [2.05, 4.69) is 0 Å². The van der Waals surface area contributed by atoms with E-state index in [0.717, 1.165) is 12.1 Å². The molecule has 0 heterocycles. The van der Waals surface area contributed by atoms with Crippen molar-refractivity contribution in [1.29, 1.82) is 0 Å². The van der Waals surface area contributed by atoms with Gasteiger partial charge in [-0.05, 0) is 28.8 Å². The average Bonchev–Trinajstić information content (AvgIpc) is 2.04. The van der Waals surface area contributed by atoms with Gasteiger partial charge in [0.25, 0.3) is 0 Å². The van der Waals surface area contributed by atoms with Crippen LogP contribution in [0.25, 0.3) is 0 Å². The Balaban J connectivity index is 3.19. The Morgan fingerprint density at radius 1 is 1.62 bits per heavy atom. The third-order valence-electron chi connectivity index (χ3n) is 1.48. The summed E-state index contributed by atoms with van der Waals surface area (Å²) in [5, 5.41) is 8.88. The van der Waals surface area contributed by atoms with Gasteiger partial charge in [0.2, 0.25) is 0 Å². The molecule has 2 unspecified atom stereocenters. The molecule has 0 spiro atoms. The van der Waals surface area contributed by atoms with Gasteiger partial charge in [-0.2, -0.15) is 0 Å². The number of aliphatic hydroxyl groups is 1. The van der Waals surface area contributed by atoms with E-state index in [0.29, 0.717) is 0 Å². The van der Waals surface area contributed by atoms with E-state index in [1.54, 1.807) is 0 Å². The minimum Gasteiger partial charge on any atom is -0.768 e. The summed E-state index contributed by atoms with van der Waals surface area (Å²) >= 11 is -2.66. The predicted octanol–water partition coefficient (Wildman–Crippen LogP) is 0.0133. The molecule has 72 valence electrons. The zero-order valence-corrected chi connectivity index (χ0v) is 7.25. The van der Waals surface area contributed by atoms with Crippen molar-refractivity contribution in [2.75, 3.05) is 0 Å². The van der Waals surface area contributed by atoms with E-state index in [-0.39, 0.29) is 5.56 Å².